The van der Waals surface area contributed by atoms with Crippen molar-refractivity contribution in [3.05, 3.63) is 11.6 Å². The summed E-state index contributed by atoms with van der Waals surface area (Å²) in [5.74, 6) is 0.768. The van der Waals surface area contributed by atoms with Gasteiger partial charge in [-0.05, 0) is 81.0 Å². The first kappa shape index (κ1) is 19.1. The molecular formula is C23H34O5. The van der Waals surface area contributed by atoms with Crippen molar-refractivity contribution in [1.82, 2.24) is 0 Å². The van der Waals surface area contributed by atoms with Crippen LogP contribution in [0, 0.1) is 28.6 Å². The van der Waals surface area contributed by atoms with Crippen molar-refractivity contribution in [2.75, 3.05) is 6.61 Å². The fraction of sp³-hybridized carbons (Fsp3) is 0.870. The van der Waals surface area contributed by atoms with Crippen LogP contribution in [0.25, 0.3) is 0 Å². The molecule has 0 aromatic heterocycles. The summed E-state index contributed by atoms with van der Waals surface area (Å²) in [5.41, 5.74) is -1.92. The summed E-state index contributed by atoms with van der Waals surface area (Å²) in [6, 6.07) is 0. The number of rotatable bonds is 1. The molecule has 5 rings (SSSR count). The molecule has 4 saturated carbocycles. The van der Waals surface area contributed by atoms with Crippen molar-refractivity contribution >= 4 is 5.97 Å². The Kier molecular flexibility index (Phi) is 3.97. The third-order valence-corrected chi connectivity index (χ3v) is 10.2. The maximum atomic E-state index is 12.1. The lowest BCUT2D eigenvalue weighted by molar-refractivity contribution is -0.229. The molecule has 0 bridgehead atoms. The zero-order valence-electron chi connectivity index (χ0n) is 17.1. The molecule has 0 radical (unpaired) electrons. The van der Waals surface area contributed by atoms with Crippen LogP contribution in [0.5, 0.6) is 0 Å². The number of cyclic esters (lactones) is 1. The molecule has 8 atom stereocenters. The molecule has 3 N–H and O–H groups in total. The second kappa shape index (κ2) is 5.83. The summed E-state index contributed by atoms with van der Waals surface area (Å²) >= 11 is 0. The van der Waals surface area contributed by atoms with Crippen molar-refractivity contribution in [2.24, 2.45) is 28.6 Å². The number of esters is 1. The van der Waals surface area contributed by atoms with E-state index in [1.807, 2.05) is 6.92 Å². The van der Waals surface area contributed by atoms with Crippen molar-refractivity contribution in [3.63, 3.8) is 0 Å². The fourth-order valence-electron chi connectivity index (χ4n) is 8.35. The molecule has 5 aliphatic rings. The molecule has 0 aromatic carbocycles. The smallest absolute Gasteiger partial charge is 0.331 e. The Morgan fingerprint density at radius 1 is 1.00 bits per heavy atom. The molecule has 0 unspecified atom stereocenters. The van der Waals surface area contributed by atoms with E-state index >= 15 is 0 Å². The number of hydrogen-bond acceptors (Lipinski definition) is 5. The number of aliphatic hydroxyl groups is 3. The van der Waals surface area contributed by atoms with E-state index in [1.165, 1.54) is 6.08 Å². The molecule has 0 amide bonds. The third kappa shape index (κ3) is 2.16. The van der Waals surface area contributed by atoms with Crippen LogP contribution in [0.4, 0.5) is 0 Å². The van der Waals surface area contributed by atoms with Gasteiger partial charge in [-0.15, -0.1) is 0 Å². The monoisotopic (exact) mass is 390 g/mol. The van der Waals surface area contributed by atoms with Gasteiger partial charge in [-0.25, -0.2) is 4.79 Å². The Hall–Kier alpha value is -0.910. The molecule has 156 valence electrons. The van der Waals surface area contributed by atoms with Gasteiger partial charge in [0.2, 0.25) is 0 Å². The predicted octanol–water partition coefficient (Wildman–Crippen LogP) is 2.72. The number of carbonyl (C=O) groups excluding carboxylic acids is 1. The summed E-state index contributed by atoms with van der Waals surface area (Å²) in [5, 5.41) is 34.1. The lowest BCUT2D eigenvalue weighted by Gasteiger charge is -2.64. The van der Waals surface area contributed by atoms with Gasteiger partial charge in [0.1, 0.15) is 6.61 Å². The Balaban J connectivity index is 1.51. The minimum atomic E-state index is -1.17. The Morgan fingerprint density at radius 2 is 1.79 bits per heavy atom. The predicted molar refractivity (Wildman–Crippen MR) is 103 cm³/mol. The second-order valence-corrected chi connectivity index (χ2v) is 10.9. The Labute approximate surface area is 167 Å². The van der Waals surface area contributed by atoms with Crippen LogP contribution in [0.2, 0.25) is 0 Å². The lowest BCUT2D eigenvalue weighted by atomic mass is 9.42. The van der Waals surface area contributed by atoms with E-state index < -0.39 is 16.6 Å². The highest BCUT2D eigenvalue weighted by Gasteiger charge is 2.72. The lowest BCUT2D eigenvalue weighted by Crippen LogP contribution is -2.65. The summed E-state index contributed by atoms with van der Waals surface area (Å²) in [6.45, 7) is 4.57. The van der Waals surface area contributed by atoms with E-state index in [0.29, 0.717) is 30.3 Å². The van der Waals surface area contributed by atoms with Gasteiger partial charge in [0.15, 0.2) is 0 Å². The first-order chi connectivity index (χ1) is 13.1. The van der Waals surface area contributed by atoms with Gasteiger partial charge < -0.3 is 20.1 Å². The quantitative estimate of drug-likeness (QED) is 0.599. The van der Waals surface area contributed by atoms with Gasteiger partial charge in [0.25, 0.3) is 0 Å². The summed E-state index contributed by atoms with van der Waals surface area (Å²) in [4.78, 5) is 11.7. The number of ether oxygens (including phenoxy) is 1. The van der Waals surface area contributed by atoms with Crippen molar-refractivity contribution in [1.29, 1.82) is 0 Å². The van der Waals surface area contributed by atoms with Crippen molar-refractivity contribution in [3.8, 4) is 0 Å². The maximum Gasteiger partial charge on any atom is 0.331 e. The maximum absolute atomic E-state index is 12.1. The number of fused-ring (bicyclic) bond motifs is 5. The van der Waals surface area contributed by atoms with Crippen LogP contribution < -0.4 is 0 Å². The average molecular weight is 391 g/mol. The van der Waals surface area contributed by atoms with Crippen molar-refractivity contribution < 1.29 is 24.9 Å². The summed E-state index contributed by atoms with van der Waals surface area (Å²) in [6.07, 6.45) is 8.91. The highest BCUT2D eigenvalue weighted by atomic mass is 16.5. The molecule has 4 fully saturated rings. The standard InChI is InChI=1S/C23H34O5/c1-20-7-5-16(24)11-14(20)3-4-18-17(20)6-8-21(2)22(26,9-10-23(18,21)27)15-12-19(25)28-13-15/h12,14,16-18,24,26-27H,3-11,13H2,1-2H3/t14-,16+,17+,18-,20-,21+,22+,23-/m0/s1. The molecule has 0 saturated heterocycles. The Bertz CT molecular complexity index is 733. The molecule has 5 heteroatoms. The van der Waals surface area contributed by atoms with E-state index in [-0.39, 0.29) is 30.0 Å². The SMILES string of the molecule is C[C@]12CC[C@@H](O)C[C@@H]1CC[C@H]1[C@H]2CC[C@]2(C)[C@](O)(C3=CC(=O)OC3)CC[C@]12O. The fourth-order valence-corrected chi connectivity index (χ4v) is 8.35. The third-order valence-electron chi connectivity index (χ3n) is 10.2. The minimum absolute atomic E-state index is 0.146. The molecule has 28 heavy (non-hydrogen) atoms. The Morgan fingerprint density at radius 3 is 2.50 bits per heavy atom. The topological polar surface area (TPSA) is 87.0 Å². The van der Waals surface area contributed by atoms with Crippen LogP contribution >= 0.6 is 0 Å². The van der Waals surface area contributed by atoms with E-state index in [2.05, 4.69) is 6.92 Å². The second-order valence-electron chi connectivity index (χ2n) is 10.9. The molecule has 0 aromatic rings. The number of aliphatic hydroxyl groups excluding tert-OH is 1. The highest BCUT2D eigenvalue weighted by Crippen LogP contribution is 2.70. The zero-order valence-corrected chi connectivity index (χ0v) is 17.1. The normalized spacial score (nSPS) is 55.8. The number of carbonyl (C=O) groups is 1. The van der Waals surface area contributed by atoms with Gasteiger partial charge in [0, 0.05) is 17.1 Å². The van der Waals surface area contributed by atoms with Crippen molar-refractivity contribution in [2.45, 2.75) is 88.9 Å². The largest absolute Gasteiger partial charge is 0.458 e. The van der Waals surface area contributed by atoms with Crippen LogP contribution in [0.1, 0.15) is 71.6 Å². The molecule has 1 aliphatic heterocycles. The van der Waals surface area contributed by atoms with Crippen LogP contribution in [-0.4, -0.2) is 45.2 Å². The average Bonchev–Trinajstić information content (AvgIpc) is 3.18. The number of hydrogen-bond donors (Lipinski definition) is 3. The van der Waals surface area contributed by atoms with Gasteiger partial charge in [-0.1, -0.05) is 13.8 Å². The molecule has 1 heterocycles. The minimum Gasteiger partial charge on any atom is -0.458 e. The van der Waals surface area contributed by atoms with Crippen LogP contribution in [-0.2, 0) is 9.53 Å². The van der Waals surface area contributed by atoms with E-state index in [1.54, 1.807) is 0 Å². The zero-order chi connectivity index (χ0) is 19.9. The first-order valence-corrected chi connectivity index (χ1v) is 11.1. The van der Waals surface area contributed by atoms with Gasteiger partial charge in [-0.3, -0.25) is 0 Å². The first-order valence-electron chi connectivity index (χ1n) is 11.1. The van der Waals surface area contributed by atoms with E-state index in [0.717, 1.165) is 44.9 Å². The van der Waals surface area contributed by atoms with Gasteiger partial charge in [0.05, 0.1) is 17.3 Å². The van der Waals surface area contributed by atoms with Crippen LogP contribution in [0.3, 0.4) is 0 Å². The molecular weight excluding hydrogens is 356 g/mol. The van der Waals surface area contributed by atoms with Gasteiger partial charge >= 0.3 is 5.97 Å². The van der Waals surface area contributed by atoms with E-state index in [4.69, 9.17) is 4.74 Å². The summed E-state index contributed by atoms with van der Waals surface area (Å²) in [7, 11) is 0. The molecule has 0 spiro atoms. The highest BCUT2D eigenvalue weighted by molar-refractivity contribution is 5.85. The van der Waals surface area contributed by atoms with E-state index in [9.17, 15) is 20.1 Å². The molecule has 4 aliphatic carbocycles. The van der Waals surface area contributed by atoms with Gasteiger partial charge in [-0.2, -0.15) is 0 Å². The van der Waals surface area contributed by atoms with Crippen LogP contribution in [0.15, 0.2) is 11.6 Å². The summed E-state index contributed by atoms with van der Waals surface area (Å²) < 4.78 is 5.11. The molecule has 5 nitrogen and oxygen atoms in total.